The number of methoxy groups -OCH3 is 1. The van der Waals surface area contributed by atoms with Crippen LogP contribution in [-0.4, -0.2) is 13.2 Å². The molecule has 0 aromatic heterocycles. The van der Waals surface area contributed by atoms with E-state index in [9.17, 15) is 0 Å². The van der Waals surface area contributed by atoms with Crippen LogP contribution in [0.4, 0.5) is 5.69 Å². The summed E-state index contributed by atoms with van der Waals surface area (Å²) in [5.41, 5.74) is 2.47. The van der Waals surface area contributed by atoms with Gasteiger partial charge in [0.2, 0.25) is 0 Å². The van der Waals surface area contributed by atoms with E-state index in [4.69, 9.17) is 16.3 Å². The second kappa shape index (κ2) is 6.29. The molecule has 1 N–H and O–H groups in total. The molecule has 1 aliphatic carbocycles. The Morgan fingerprint density at radius 1 is 1.19 bits per heavy atom. The summed E-state index contributed by atoms with van der Waals surface area (Å²) in [5.74, 6) is 1.55. The molecule has 1 aliphatic rings. The first-order chi connectivity index (χ1) is 10.2. The van der Waals surface area contributed by atoms with Crippen LogP contribution in [0.5, 0.6) is 5.75 Å². The van der Waals surface area contributed by atoms with E-state index in [0.29, 0.717) is 12.0 Å². The predicted octanol–water partition coefficient (Wildman–Crippen LogP) is 5.47. The normalized spacial score (nSPS) is 20.7. The van der Waals surface area contributed by atoms with Crippen LogP contribution in [0.3, 0.4) is 0 Å². The smallest absolute Gasteiger partial charge is 0.119 e. The van der Waals surface area contributed by atoms with E-state index in [1.165, 1.54) is 5.56 Å². The van der Waals surface area contributed by atoms with Crippen molar-refractivity contribution in [3.8, 4) is 5.75 Å². The molecule has 0 radical (unpaired) electrons. The Morgan fingerprint density at radius 2 is 2.00 bits per heavy atom. The van der Waals surface area contributed by atoms with E-state index >= 15 is 0 Å². The molecule has 2 aromatic rings. The molecule has 3 rings (SSSR count). The molecule has 4 heteroatoms. The Bertz CT molecular complexity index is 640. The van der Waals surface area contributed by atoms with Crippen LogP contribution in [0.15, 0.2) is 46.9 Å². The van der Waals surface area contributed by atoms with Crippen molar-refractivity contribution in [3.05, 3.63) is 57.5 Å². The largest absolute Gasteiger partial charge is 0.497 e. The molecule has 2 nitrogen and oxygen atoms in total. The summed E-state index contributed by atoms with van der Waals surface area (Å²) >= 11 is 9.51. The number of hydrogen-bond acceptors (Lipinski definition) is 2. The number of halogens is 2. The summed E-state index contributed by atoms with van der Waals surface area (Å²) in [6.07, 6.45) is 2.28. The molecular formula is C17H17BrClNO. The van der Waals surface area contributed by atoms with Crippen LogP contribution < -0.4 is 10.1 Å². The van der Waals surface area contributed by atoms with Gasteiger partial charge in [-0.15, -0.1) is 0 Å². The number of hydrogen-bond donors (Lipinski definition) is 1. The lowest BCUT2D eigenvalue weighted by molar-refractivity contribution is 0.370. The zero-order chi connectivity index (χ0) is 14.8. The van der Waals surface area contributed by atoms with E-state index < -0.39 is 0 Å². The first-order valence-electron chi connectivity index (χ1n) is 7.01. The molecule has 0 amide bonds. The minimum Gasteiger partial charge on any atom is -0.497 e. The maximum atomic E-state index is 5.96. The monoisotopic (exact) mass is 365 g/mol. The summed E-state index contributed by atoms with van der Waals surface area (Å²) in [4.78, 5) is 0. The molecule has 1 fully saturated rings. The van der Waals surface area contributed by atoms with Gasteiger partial charge in [-0.1, -0.05) is 23.7 Å². The van der Waals surface area contributed by atoms with E-state index in [-0.39, 0.29) is 0 Å². The average molecular weight is 367 g/mol. The number of rotatable bonds is 4. The molecular weight excluding hydrogens is 350 g/mol. The lowest BCUT2D eigenvalue weighted by Gasteiger charge is -2.37. The van der Waals surface area contributed by atoms with Crippen LogP contribution in [0.2, 0.25) is 5.02 Å². The van der Waals surface area contributed by atoms with Crippen molar-refractivity contribution in [2.45, 2.75) is 24.8 Å². The Morgan fingerprint density at radius 3 is 2.71 bits per heavy atom. The van der Waals surface area contributed by atoms with Crippen molar-refractivity contribution in [2.75, 3.05) is 12.4 Å². The Kier molecular flexibility index (Phi) is 4.41. The van der Waals surface area contributed by atoms with Crippen LogP contribution >= 0.6 is 27.5 Å². The van der Waals surface area contributed by atoms with Crippen LogP contribution in [0, 0.1) is 0 Å². The van der Waals surface area contributed by atoms with E-state index in [1.807, 2.05) is 24.3 Å². The quantitative estimate of drug-likeness (QED) is 0.774. The fraction of sp³-hybridized carbons (Fsp3) is 0.294. The third-order valence-corrected chi connectivity index (χ3v) is 4.89. The minimum atomic E-state index is 0.513. The van der Waals surface area contributed by atoms with Gasteiger partial charge in [-0.25, -0.2) is 0 Å². The average Bonchev–Trinajstić information content (AvgIpc) is 2.44. The Hall–Kier alpha value is -1.19. The maximum Gasteiger partial charge on any atom is 0.119 e. The Balaban J connectivity index is 1.60. The molecule has 0 heterocycles. The lowest BCUT2D eigenvalue weighted by atomic mass is 9.76. The van der Waals surface area contributed by atoms with Gasteiger partial charge in [0, 0.05) is 21.2 Å². The molecule has 1 saturated carbocycles. The summed E-state index contributed by atoms with van der Waals surface area (Å²) in [7, 11) is 1.71. The molecule has 21 heavy (non-hydrogen) atoms. The maximum absolute atomic E-state index is 5.96. The van der Waals surface area contributed by atoms with Crippen molar-refractivity contribution in [1.29, 1.82) is 0 Å². The van der Waals surface area contributed by atoms with Gasteiger partial charge in [0.1, 0.15) is 5.75 Å². The summed E-state index contributed by atoms with van der Waals surface area (Å²) in [6, 6.07) is 14.7. The number of ether oxygens (including phenoxy) is 1. The molecule has 0 bridgehead atoms. The van der Waals surface area contributed by atoms with Crippen molar-refractivity contribution in [1.82, 2.24) is 0 Å². The third kappa shape index (κ3) is 3.35. The molecule has 2 aromatic carbocycles. The van der Waals surface area contributed by atoms with Crippen molar-refractivity contribution < 1.29 is 4.74 Å². The van der Waals surface area contributed by atoms with Gasteiger partial charge in [-0.3, -0.25) is 0 Å². The topological polar surface area (TPSA) is 21.3 Å². The van der Waals surface area contributed by atoms with Gasteiger partial charge in [-0.2, -0.15) is 0 Å². The third-order valence-electron chi connectivity index (χ3n) is 3.99. The molecule has 0 atom stereocenters. The highest BCUT2D eigenvalue weighted by atomic mass is 79.9. The van der Waals surface area contributed by atoms with E-state index in [0.717, 1.165) is 33.8 Å². The van der Waals surface area contributed by atoms with Crippen molar-refractivity contribution in [2.24, 2.45) is 0 Å². The molecule has 110 valence electrons. The number of anilines is 1. The molecule has 0 aliphatic heterocycles. The van der Waals surface area contributed by atoms with Crippen molar-refractivity contribution >= 4 is 33.2 Å². The first kappa shape index (κ1) is 14.7. The first-order valence-corrected chi connectivity index (χ1v) is 8.18. The highest BCUT2D eigenvalue weighted by Gasteiger charge is 2.30. The number of benzene rings is 2. The second-order valence-electron chi connectivity index (χ2n) is 5.41. The highest BCUT2D eigenvalue weighted by molar-refractivity contribution is 9.10. The zero-order valence-electron chi connectivity index (χ0n) is 11.8. The predicted molar refractivity (Wildman–Crippen MR) is 91.5 cm³/mol. The van der Waals surface area contributed by atoms with Gasteiger partial charge in [-0.05, 0) is 70.6 Å². The fourth-order valence-electron chi connectivity index (χ4n) is 2.73. The fourth-order valence-corrected chi connectivity index (χ4v) is 3.53. The number of nitrogens with one attached hydrogen (secondary N) is 1. The highest BCUT2D eigenvalue weighted by Crippen LogP contribution is 2.40. The molecule has 0 saturated heterocycles. The lowest BCUT2D eigenvalue weighted by Crippen LogP contribution is -2.34. The SMILES string of the molecule is COc1cccc(C2CC(Nc3ccc(Cl)cc3Br)C2)c1. The second-order valence-corrected chi connectivity index (χ2v) is 6.70. The summed E-state index contributed by atoms with van der Waals surface area (Å²) in [5, 5.41) is 4.31. The van der Waals surface area contributed by atoms with Crippen LogP contribution in [-0.2, 0) is 0 Å². The van der Waals surface area contributed by atoms with Gasteiger partial charge >= 0.3 is 0 Å². The van der Waals surface area contributed by atoms with Crippen molar-refractivity contribution in [3.63, 3.8) is 0 Å². The summed E-state index contributed by atoms with van der Waals surface area (Å²) < 4.78 is 6.30. The van der Waals surface area contributed by atoms with Crippen LogP contribution in [0.25, 0.3) is 0 Å². The van der Waals surface area contributed by atoms with Gasteiger partial charge in [0.25, 0.3) is 0 Å². The van der Waals surface area contributed by atoms with E-state index in [1.54, 1.807) is 7.11 Å². The Labute approximate surface area is 138 Å². The minimum absolute atomic E-state index is 0.513. The van der Waals surface area contributed by atoms with E-state index in [2.05, 4.69) is 39.4 Å². The standard InChI is InChI=1S/C17H17BrClNO/c1-21-15-4-2-3-11(9-15)12-7-14(8-12)20-17-6-5-13(19)10-16(17)18/h2-6,9-10,12,14,20H,7-8H2,1H3. The van der Waals surface area contributed by atoms with Crippen LogP contribution in [0.1, 0.15) is 24.3 Å². The van der Waals surface area contributed by atoms with Gasteiger partial charge < -0.3 is 10.1 Å². The summed E-state index contributed by atoms with van der Waals surface area (Å²) in [6.45, 7) is 0. The van der Waals surface area contributed by atoms with Gasteiger partial charge in [0.05, 0.1) is 7.11 Å². The zero-order valence-corrected chi connectivity index (χ0v) is 14.1. The van der Waals surface area contributed by atoms with Gasteiger partial charge in [0.15, 0.2) is 0 Å². The molecule has 0 unspecified atom stereocenters. The molecule has 0 spiro atoms.